The molecule has 0 fully saturated rings. The first-order valence-corrected chi connectivity index (χ1v) is 2.20. The van der Waals surface area contributed by atoms with Gasteiger partial charge in [0.25, 0.3) is 0 Å². The Morgan fingerprint density at radius 3 is 0.538 bits per heavy atom. The van der Waals surface area contributed by atoms with Gasteiger partial charge in [-0.1, -0.05) is 0 Å². The average molecular weight is 209 g/mol. The Hall–Kier alpha value is -0.295. The lowest BCUT2D eigenvalue weighted by Crippen LogP contribution is -1.98. The first kappa shape index (κ1) is 23.0. The molecule has 13 heavy (non-hydrogen) atoms. The summed E-state index contributed by atoms with van der Waals surface area (Å²) in [6, 6.07) is 0. The molecule has 0 saturated carbocycles. The van der Waals surface area contributed by atoms with E-state index in [0.717, 1.165) is 0 Å². The largest absolute Gasteiger partial charge is 0.674 e. The van der Waals surface area contributed by atoms with Crippen LogP contribution in [-0.2, 0) is 0 Å². The quantitative estimate of drug-likeness (QED) is 0.208. The van der Waals surface area contributed by atoms with E-state index in [9.17, 15) is 12.9 Å². The number of hydrogen-bond acceptors (Lipinski definition) is 7. The lowest BCUT2D eigenvalue weighted by atomic mass is 10.3. The molecule has 0 aromatic rings. The van der Waals surface area contributed by atoms with Crippen LogP contribution in [0.1, 0.15) is 0 Å². The molecule has 0 rings (SSSR count). The van der Waals surface area contributed by atoms with Crippen molar-refractivity contribution in [1.29, 1.82) is 0 Å². The fraction of sp³-hybridized carbons (Fsp3) is 0. The van der Waals surface area contributed by atoms with Crippen LogP contribution in [0.15, 0.2) is 0 Å². The van der Waals surface area contributed by atoms with Crippen molar-refractivity contribution in [2.75, 3.05) is 0 Å². The van der Waals surface area contributed by atoms with Crippen molar-refractivity contribution in [3.05, 3.63) is 0 Å². The lowest BCUT2D eigenvalue weighted by molar-refractivity contribution is 0.338. The van der Waals surface area contributed by atoms with Crippen molar-refractivity contribution in [2.24, 2.45) is 0 Å². The summed E-state index contributed by atoms with van der Waals surface area (Å²) in [6.07, 6.45) is 0. The molecule has 0 spiro atoms. The van der Waals surface area contributed by atoms with E-state index in [1.54, 1.807) is 0 Å². The van der Waals surface area contributed by atoms with Gasteiger partial charge >= 0.3 is 22.2 Å². The first-order valence-electron chi connectivity index (χ1n) is 2.20. The van der Waals surface area contributed by atoms with Gasteiger partial charge in [-0.2, -0.15) is 0 Å². The maximum Gasteiger partial charge on any atom is 0.674 e. The van der Waals surface area contributed by atoms with E-state index in [4.69, 9.17) is 30.1 Å². The molecule has 0 unspecified atom stereocenters. The zero-order valence-corrected chi connectivity index (χ0v) is 6.26. The second-order valence-corrected chi connectivity index (χ2v) is 0.932. The molecular weight excluding hydrogens is 199 g/mol. The molecule has 0 aliphatic carbocycles. The minimum Gasteiger partial charge on any atom is -0.398 e. The maximum atomic E-state index is 10.1. The van der Waals surface area contributed by atoms with Crippen LogP contribution in [0.25, 0.3) is 0 Å². The van der Waals surface area contributed by atoms with E-state index >= 15 is 0 Å². The van der Waals surface area contributed by atoms with Gasteiger partial charge in [-0.05, 0) is 0 Å². The third kappa shape index (κ3) is 12700. The zero-order valence-electron chi connectivity index (χ0n) is 6.26. The summed E-state index contributed by atoms with van der Waals surface area (Å²) < 4.78 is 30.3. The fourth-order valence-corrected chi connectivity index (χ4v) is 0. The highest BCUT2D eigenvalue weighted by Gasteiger charge is 1.98. The van der Waals surface area contributed by atoms with E-state index in [-0.39, 0.29) is 6.15 Å². The summed E-state index contributed by atoms with van der Waals surface area (Å²) in [7, 11) is -8.00. The summed E-state index contributed by atoms with van der Waals surface area (Å²) in [5, 5.41) is 41.7. The van der Waals surface area contributed by atoms with Crippen molar-refractivity contribution in [2.45, 2.75) is 0 Å². The third-order valence-electron chi connectivity index (χ3n) is 0. The Morgan fingerprint density at radius 1 is 0.538 bits per heavy atom. The van der Waals surface area contributed by atoms with Gasteiger partial charge in [-0.25, -0.2) is 0 Å². The molecule has 80 valence electrons. The first-order chi connectivity index (χ1) is 5.20. The standard InChI is InChI=1S/3BFH2O2.H3N/c3*2-1(3)4;/h3*3-4H;1H3. The SMILES string of the molecule is N.OB(O)F.OB(O)F.OB(O)F. The molecule has 0 aromatic carbocycles. The predicted molar refractivity (Wildman–Crippen MR) is 38.9 cm³/mol. The molecule has 0 amide bonds. The van der Waals surface area contributed by atoms with Gasteiger partial charge in [0.2, 0.25) is 0 Å². The molecule has 0 aliphatic rings. The molecule has 0 bridgehead atoms. The smallest absolute Gasteiger partial charge is 0.398 e. The summed E-state index contributed by atoms with van der Waals surface area (Å²) in [5.74, 6) is 0. The van der Waals surface area contributed by atoms with Crippen LogP contribution in [-0.4, -0.2) is 52.3 Å². The molecule has 0 saturated heterocycles. The second kappa shape index (κ2) is 17.7. The monoisotopic (exact) mass is 209 g/mol. The van der Waals surface area contributed by atoms with Crippen LogP contribution in [0.3, 0.4) is 0 Å². The van der Waals surface area contributed by atoms with Crippen molar-refractivity contribution in [1.82, 2.24) is 6.15 Å². The van der Waals surface area contributed by atoms with Gasteiger partial charge in [-0.15, -0.1) is 0 Å². The number of hydrogen-bond donors (Lipinski definition) is 7. The Kier molecular flexibility index (Phi) is 31.3. The normalized spacial score (nSPS) is 6.23. The lowest BCUT2D eigenvalue weighted by Gasteiger charge is -1.65. The van der Waals surface area contributed by atoms with Gasteiger partial charge in [0.15, 0.2) is 0 Å². The molecule has 0 atom stereocenters. The average Bonchev–Trinajstić information content (AvgIpc) is 1.54. The van der Waals surface area contributed by atoms with E-state index in [1.807, 2.05) is 0 Å². The molecule has 0 aliphatic heterocycles. The Balaban J connectivity index is -0.0000000450. The molecule has 0 radical (unpaired) electrons. The zero-order chi connectivity index (χ0) is 10.7. The molecular formula is H9B3F3NO6. The van der Waals surface area contributed by atoms with Crippen molar-refractivity contribution in [3.63, 3.8) is 0 Å². The van der Waals surface area contributed by atoms with Crippen LogP contribution in [0.2, 0.25) is 0 Å². The van der Waals surface area contributed by atoms with Gasteiger partial charge in [0.1, 0.15) is 0 Å². The maximum absolute atomic E-state index is 10.1. The molecule has 7 nitrogen and oxygen atoms in total. The van der Waals surface area contributed by atoms with Gasteiger partial charge in [0.05, 0.1) is 0 Å². The Labute approximate surface area is 72.6 Å². The highest BCUT2D eigenvalue weighted by atomic mass is 19.1. The Morgan fingerprint density at radius 2 is 0.538 bits per heavy atom. The van der Waals surface area contributed by atoms with Crippen molar-refractivity contribution >= 4 is 22.2 Å². The third-order valence-corrected chi connectivity index (χ3v) is 0. The van der Waals surface area contributed by atoms with Gasteiger partial charge < -0.3 is 36.3 Å². The molecule has 0 aromatic heterocycles. The van der Waals surface area contributed by atoms with E-state index < -0.39 is 22.2 Å². The summed E-state index contributed by atoms with van der Waals surface area (Å²) in [4.78, 5) is 0. The summed E-state index contributed by atoms with van der Waals surface area (Å²) in [5.41, 5.74) is 0. The van der Waals surface area contributed by atoms with E-state index in [1.165, 1.54) is 0 Å². The number of halogens is 3. The summed E-state index contributed by atoms with van der Waals surface area (Å²) in [6.45, 7) is 0. The van der Waals surface area contributed by atoms with Crippen LogP contribution >= 0.6 is 0 Å². The van der Waals surface area contributed by atoms with Crippen LogP contribution in [0, 0.1) is 0 Å². The van der Waals surface area contributed by atoms with Gasteiger partial charge in [0, 0.05) is 0 Å². The molecule has 13 heteroatoms. The van der Waals surface area contributed by atoms with Gasteiger partial charge in [-0.3, -0.25) is 12.9 Å². The van der Waals surface area contributed by atoms with Crippen LogP contribution < -0.4 is 6.15 Å². The predicted octanol–water partition coefficient (Wildman–Crippen LogP) is -3.06. The second-order valence-electron chi connectivity index (χ2n) is 0.932. The van der Waals surface area contributed by atoms with Crippen molar-refractivity contribution < 1.29 is 43.1 Å². The van der Waals surface area contributed by atoms with E-state index in [2.05, 4.69) is 0 Å². The highest BCUT2D eigenvalue weighted by Crippen LogP contribution is 1.58. The van der Waals surface area contributed by atoms with E-state index in [0.29, 0.717) is 0 Å². The van der Waals surface area contributed by atoms with Crippen LogP contribution in [0.5, 0.6) is 0 Å². The highest BCUT2D eigenvalue weighted by molar-refractivity contribution is 6.32. The molecule has 9 N–H and O–H groups in total. The topological polar surface area (TPSA) is 156 Å². The minimum atomic E-state index is -2.67. The fourth-order valence-electron chi connectivity index (χ4n) is 0. The van der Waals surface area contributed by atoms with Crippen molar-refractivity contribution in [3.8, 4) is 0 Å². The number of rotatable bonds is 0. The summed E-state index contributed by atoms with van der Waals surface area (Å²) >= 11 is 0. The van der Waals surface area contributed by atoms with Crippen LogP contribution in [0.4, 0.5) is 12.9 Å². The Bertz CT molecular complexity index is 51.6. The minimum absolute atomic E-state index is 0. The molecule has 0 heterocycles.